The first-order chi connectivity index (χ1) is 3.71. The molecule has 0 heterocycles. The smallest absolute Gasteiger partial charge is 0.184 e. The molecule has 1 radical (unpaired) electrons. The van der Waals surface area contributed by atoms with Crippen molar-refractivity contribution in [2.75, 3.05) is 6.66 Å². The van der Waals surface area contributed by atoms with Gasteiger partial charge in [0.25, 0.3) is 0 Å². The molecule has 0 aromatic heterocycles. The molecule has 0 aromatic rings. The Morgan fingerprint density at radius 3 is 1.78 bits per heavy atom. The number of hydrogen-bond donors (Lipinski definition) is 0. The molecule has 0 amide bonds. The van der Waals surface area contributed by atoms with Crippen LogP contribution in [0.1, 0.15) is 20.8 Å². The lowest BCUT2D eigenvalue weighted by atomic mass is 9.73. The second kappa shape index (κ2) is 2.47. The van der Waals surface area contributed by atoms with Crippen LogP contribution in [0.25, 0.3) is 0 Å². The lowest BCUT2D eigenvalue weighted by Gasteiger charge is -2.25. The van der Waals surface area contributed by atoms with Gasteiger partial charge in [-0.2, -0.15) is 0 Å². The molecule has 0 saturated carbocycles. The van der Waals surface area contributed by atoms with E-state index in [4.69, 9.17) is 0 Å². The minimum absolute atomic E-state index is 0.216. The van der Waals surface area contributed by atoms with Crippen LogP contribution in [-0.2, 0) is 4.57 Å². The van der Waals surface area contributed by atoms with Gasteiger partial charge in [0.05, 0.1) is 0 Å². The van der Waals surface area contributed by atoms with Crippen molar-refractivity contribution >= 4 is 14.2 Å². The summed E-state index contributed by atoms with van der Waals surface area (Å²) in [6.45, 7) is 8.20. The molecule has 0 aliphatic carbocycles. The van der Waals surface area contributed by atoms with Crippen molar-refractivity contribution in [1.29, 1.82) is 0 Å². The summed E-state index contributed by atoms with van der Waals surface area (Å²) in [7, 11) is -3.16. The zero-order chi connectivity index (χ0) is 7.71. The van der Waals surface area contributed by atoms with E-state index in [0.29, 0.717) is 0 Å². The minimum Gasteiger partial charge on any atom is -0.807 e. The Morgan fingerprint density at radius 2 is 1.78 bits per heavy atom. The number of hydrogen-bond acceptors (Lipinski definition) is 2. The molecule has 0 fully saturated rings. The van der Waals surface area contributed by atoms with E-state index < -0.39 is 7.25 Å². The van der Waals surface area contributed by atoms with Crippen LogP contribution < -0.4 is 4.89 Å². The van der Waals surface area contributed by atoms with Gasteiger partial charge in [-0.15, -0.1) is 0 Å². The van der Waals surface area contributed by atoms with Crippen LogP contribution in [0, 0.1) is 0 Å². The molecule has 2 nitrogen and oxygen atoms in total. The van der Waals surface area contributed by atoms with Gasteiger partial charge in [0.1, 0.15) is 0 Å². The maximum absolute atomic E-state index is 10.6. The molecule has 0 aliphatic heterocycles. The fourth-order valence-electron chi connectivity index (χ4n) is 0.704. The highest BCUT2D eigenvalue weighted by Crippen LogP contribution is 2.38. The molecule has 0 rings (SSSR count). The molecular weight excluding hydrogens is 134 g/mol. The second-order valence-corrected chi connectivity index (χ2v) is 5.48. The average Bonchev–Trinajstić information content (AvgIpc) is 1.14. The van der Waals surface area contributed by atoms with Gasteiger partial charge in [-0.1, -0.05) is 26.1 Å². The third kappa shape index (κ3) is 8.25. The lowest BCUT2D eigenvalue weighted by Crippen LogP contribution is -2.15. The zero-order valence-corrected chi connectivity index (χ0v) is 7.24. The maximum Gasteiger partial charge on any atom is 0.184 e. The van der Waals surface area contributed by atoms with Crippen molar-refractivity contribution in [2.24, 2.45) is 0 Å². The van der Waals surface area contributed by atoms with Gasteiger partial charge in [0.2, 0.25) is 0 Å². The first-order valence-corrected chi connectivity index (χ1v) is 5.00. The summed E-state index contributed by atoms with van der Waals surface area (Å²) in [6.07, 6.45) is 0. The zero-order valence-electron chi connectivity index (χ0n) is 6.34. The highest BCUT2D eigenvalue weighted by atomic mass is 31.2. The van der Waals surface area contributed by atoms with Gasteiger partial charge in [-0.3, -0.25) is 0 Å². The van der Waals surface area contributed by atoms with Gasteiger partial charge in [-0.05, 0) is 13.9 Å². The van der Waals surface area contributed by atoms with E-state index in [1.807, 2.05) is 20.8 Å². The Labute approximate surface area is 57.3 Å². The Balaban J connectivity index is 3.90. The van der Waals surface area contributed by atoms with Crippen LogP contribution in [0.5, 0.6) is 0 Å². The van der Waals surface area contributed by atoms with Crippen molar-refractivity contribution in [3.05, 3.63) is 0 Å². The molecule has 1 atom stereocenters. The normalized spacial score (nSPS) is 18.8. The summed E-state index contributed by atoms with van der Waals surface area (Å²) in [6, 6.07) is 0. The highest BCUT2D eigenvalue weighted by molar-refractivity contribution is 7.85. The van der Waals surface area contributed by atoms with Crippen molar-refractivity contribution in [2.45, 2.75) is 26.1 Å². The molecule has 0 saturated heterocycles. The monoisotopic (exact) mass is 146 g/mol. The van der Waals surface area contributed by atoms with Crippen LogP contribution in [0.3, 0.4) is 0 Å². The predicted octanol–water partition coefficient (Wildman–Crippen LogP) is 1.09. The molecule has 53 valence electrons. The summed E-state index contributed by atoms with van der Waals surface area (Å²) in [5.41, 5.74) is 0. The summed E-state index contributed by atoms with van der Waals surface area (Å²) < 4.78 is 10.6. The summed E-state index contributed by atoms with van der Waals surface area (Å²) in [5.74, 6) is 0. The first kappa shape index (κ1) is 9.25. The molecule has 1 unspecified atom stereocenters. The molecule has 0 aromatic carbocycles. The third-order valence-corrected chi connectivity index (χ3v) is 1.87. The molecule has 4 heteroatoms. The lowest BCUT2D eigenvalue weighted by molar-refractivity contribution is -0.167. The van der Waals surface area contributed by atoms with Crippen LogP contribution in [0.4, 0.5) is 0 Å². The Kier molecular flexibility index (Phi) is 2.54. The van der Waals surface area contributed by atoms with Gasteiger partial charge in [-0.25, -0.2) is 0 Å². The molecule has 0 N–H and O–H groups in total. The summed E-state index contributed by atoms with van der Waals surface area (Å²) >= 11 is 0. The quantitative estimate of drug-likeness (QED) is 0.410. The molecular formula is C5H12BO2P-. The van der Waals surface area contributed by atoms with Crippen molar-refractivity contribution in [3.63, 3.8) is 0 Å². The van der Waals surface area contributed by atoms with Gasteiger partial charge >= 0.3 is 0 Å². The fraction of sp³-hybridized carbons (Fsp3) is 1.00. The minimum atomic E-state index is -3.16. The van der Waals surface area contributed by atoms with E-state index in [2.05, 4.69) is 0 Å². The largest absolute Gasteiger partial charge is 0.807 e. The van der Waals surface area contributed by atoms with E-state index >= 15 is 0 Å². The second-order valence-electron chi connectivity index (χ2n) is 3.40. The summed E-state index contributed by atoms with van der Waals surface area (Å²) in [5, 5.41) is -0.216. The predicted molar refractivity (Wildman–Crippen MR) is 39.0 cm³/mol. The van der Waals surface area contributed by atoms with Crippen LogP contribution in [0.15, 0.2) is 0 Å². The molecule has 9 heavy (non-hydrogen) atoms. The van der Waals surface area contributed by atoms with E-state index in [1.165, 1.54) is 13.7 Å². The van der Waals surface area contributed by atoms with Crippen LogP contribution in [0.2, 0.25) is 5.31 Å². The van der Waals surface area contributed by atoms with Crippen molar-refractivity contribution < 1.29 is 9.46 Å². The summed E-state index contributed by atoms with van der Waals surface area (Å²) in [4.78, 5) is 10.6. The Hall–Kier alpha value is 0.255. The molecule has 0 spiro atoms. The van der Waals surface area contributed by atoms with E-state index in [1.54, 1.807) is 0 Å². The average molecular weight is 146 g/mol. The van der Waals surface area contributed by atoms with Crippen molar-refractivity contribution in [3.8, 4) is 0 Å². The highest BCUT2D eigenvalue weighted by Gasteiger charge is 2.17. The maximum atomic E-state index is 10.6. The van der Waals surface area contributed by atoms with Gasteiger partial charge < -0.3 is 9.46 Å². The first-order valence-electron chi connectivity index (χ1n) is 2.86. The van der Waals surface area contributed by atoms with E-state index in [0.717, 1.165) is 0 Å². The third-order valence-electron chi connectivity index (χ3n) is 0.622. The Morgan fingerprint density at radius 1 is 1.44 bits per heavy atom. The molecule has 0 bridgehead atoms. The standard InChI is InChI=1S/C5H13BO2P/c1-5(2,3)6-9(4,7)8/h1-4H3,(H,7,8)/p-1. The molecule has 0 aliphatic rings. The SMILES string of the molecule is CC(C)(C)[B]P(C)(=O)[O-]. The Bertz CT molecular complexity index is 132. The van der Waals surface area contributed by atoms with Crippen LogP contribution in [-0.4, -0.2) is 13.7 Å². The topological polar surface area (TPSA) is 40.1 Å². The van der Waals surface area contributed by atoms with Gasteiger partial charge in [0.15, 0.2) is 7.00 Å². The van der Waals surface area contributed by atoms with Crippen molar-refractivity contribution in [1.82, 2.24) is 0 Å². The van der Waals surface area contributed by atoms with E-state index in [-0.39, 0.29) is 5.31 Å². The van der Waals surface area contributed by atoms with Crippen LogP contribution >= 0.6 is 7.25 Å². The van der Waals surface area contributed by atoms with Gasteiger partial charge in [0, 0.05) is 0 Å². The number of rotatable bonds is 1. The fourth-order valence-corrected chi connectivity index (χ4v) is 2.11. The van der Waals surface area contributed by atoms with E-state index in [9.17, 15) is 9.46 Å².